The molecule has 0 bridgehead atoms. The average molecular weight is 260 g/mol. The van der Waals surface area contributed by atoms with E-state index < -0.39 is 6.04 Å². The fourth-order valence-electron chi connectivity index (χ4n) is 1.65. The lowest BCUT2D eigenvalue weighted by Gasteiger charge is -2.11. The highest BCUT2D eigenvalue weighted by atomic mass is 32.1. The first kappa shape index (κ1) is 12.6. The number of anilines is 1. The van der Waals surface area contributed by atoms with Crippen LogP contribution < -0.4 is 5.32 Å². The average Bonchev–Trinajstić information content (AvgIpc) is 2.84. The molecular formula is C14H13FN2S. The lowest BCUT2D eigenvalue weighted by molar-refractivity contribution is 0.628. The van der Waals surface area contributed by atoms with Crippen LogP contribution in [0.1, 0.15) is 22.7 Å². The first-order chi connectivity index (χ1) is 8.72. The van der Waals surface area contributed by atoms with Gasteiger partial charge in [0.15, 0.2) is 0 Å². The molecular weight excluding hydrogens is 247 g/mol. The predicted molar refractivity (Wildman–Crippen MR) is 72.1 cm³/mol. The Labute approximate surface area is 110 Å². The van der Waals surface area contributed by atoms with Gasteiger partial charge in [0.2, 0.25) is 0 Å². The van der Waals surface area contributed by atoms with Gasteiger partial charge in [0.1, 0.15) is 11.9 Å². The molecule has 2 rings (SSSR count). The Balaban J connectivity index is 2.17. The van der Waals surface area contributed by atoms with Gasteiger partial charge in [-0.3, -0.25) is 0 Å². The van der Waals surface area contributed by atoms with Gasteiger partial charge < -0.3 is 5.32 Å². The number of hydrogen-bond acceptors (Lipinski definition) is 3. The Morgan fingerprint density at radius 1 is 1.39 bits per heavy atom. The number of nitrogens with zero attached hydrogens (tertiary/aromatic N) is 1. The maximum absolute atomic E-state index is 13.1. The number of nitrogens with one attached hydrogen (secondary N) is 1. The van der Waals surface area contributed by atoms with Crippen LogP contribution >= 0.6 is 11.3 Å². The summed E-state index contributed by atoms with van der Waals surface area (Å²) < 4.78 is 13.1. The summed E-state index contributed by atoms with van der Waals surface area (Å²) in [6, 6.07) is 11.9. The molecule has 2 nitrogen and oxygen atoms in total. The molecule has 0 radical (unpaired) electrons. The molecule has 1 aromatic carbocycles. The van der Waals surface area contributed by atoms with Gasteiger partial charge in [0.25, 0.3) is 0 Å². The summed E-state index contributed by atoms with van der Waals surface area (Å²) in [4.78, 5) is 2.20. The summed E-state index contributed by atoms with van der Waals surface area (Å²) in [7, 11) is 0. The quantitative estimate of drug-likeness (QED) is 0.897. The minimum atomic E-state index is -0.433. The first-order valence-corrected chi connectivity index (χ1v) is 6.55. The summed E-state index contributed by atoms with van der Waals surface area (Å²) >= 11 is 1.61. The van der Waals surface area contributed by atoms with Crippen molar-refractivity contribution in [2.75, 3.05) is 5.32 Å². The highest BCUT2D eigenvalue weighted by Gasteiger charge is 2.12. The van der Waals surface area contributed by atoms with Gasteiger partial charge in [-0.2, -0.15) is 5.26 Å². The number of thiophene rings is 1. The SMILES string of the molecule is CCc1ccc(C(C#N)Nc2cccc(F)c2)s1. The minimum Gasteiger partial charge on any atom is -0.365 e. The topological polar surface area (TPSA) is 35.8 Å². The van der Waals surface area contributed by atoms with Crippen LogP contribution in [0.25, 0.3) is 0 Å². The van der Waals surface area contributed by atoms with E-state index in [2.05, 4.69) is 18.3 Å². The van der Waals surface area contributed by atoms with Crippen LogP contribution in [0.3, 0.4) is 0 Å². The van der Waals surface area contributed by atoms with Crippen LogP contribution in [0.15, 0.2) is 36.4 Å². The third-order valence-electron chi connectivity index (χ3n) is 2.58. The van der Waals surface area contributed by atoms with Crippen LogP contribution in [0.5, 0.6) is 0 Å². The largest absolute Gasteiger partial charge is 0.365 e. The predicted octanol–water partition coefficient (Wildman–Crippen LogP) is 4.13. The van der Waals surface area contributed by atoms with E-state index in [1.807, 2.05) is 12.1 Å². The third kappa shape index (κ3) is 2.88. The van der Waals surface area contributed by atoms with Crippen LogP contribution in [0, 0.1) is 17.1 Å². The summed E-state index contributed by atoms with van der Waals surface area (Å²) in [6.45, 7) is 2.08. The summed E-state index contributed by atoms with van der Waals surface area (Å²) in [5.41, 5.74) is 0.619. The second-order valence-electron chi connectivity index (χ2n) is 3.87. The Morgan fingerprint density at radius 2 is 2.22 bits per heavy atom. The number of nitriles is 1. The standard InChI is InChI=1S/C14H13FN2S/c1-2-12-6-7-14(18-12)13(9-16)17-11-5-3-4-10(15)8-11/h3-8,13,17H,2H2,1H3. The molecule has 0 aliphatic carbocycles. The molecule has 4 heteroatoms. The molecule has 1 heterocycles. The van der Waals surface area contributed by atoms with Crippen molar-refractivity contribution in [2.45, 2.75) is 19.4 Å². The lowest BCUT2D eigenvalue weighted by Crippen LogP contribution is -2.06. The summed E-state index contributed by atoms with van der Waals surface area (Å²) in [5.74, 6) is -0.308. The number of aryl methyl sites for hydroxylation is 1. The molecule has 1 N–H and O–H groups in total. The third-order valence-corrected chi connectivity index (χ3v) is 3.87. The molecule has 0 aliphatic rings. The molecule has 0 amide bonds. The molecule has 0 aliphatic heterocycles. The molecule has 1 aromatic heterocycles. The van der Waals surface area contributed by atoms with E-state index in [0.29, 0.717) is 5.69 Å². The van der Waals surface area contributed by atoms with Gasteiger partial charge in [0, 0.05) is 15.4 Å². The monoisotopic (exact) mass is 260 g/mol. The first-order valence-electron chi connectivity index (χ1n) is 5.73. The van der Waals surface area contributed by atoms with E-state index in [-0.39, 0.29) is 5.82 Å². The number of halogens is 1. The zero-order valence-electron chi connectivity index (χ0n) is 9.98. The second-order valence-corrected chi connectivity index (χ2v) is 5.07. The van der Waals surface area contributed by atoms with E-state index in [1.54, 1.807) is 23.5 Å². The molecule has 0 spiro atoms. The molecule has 18 heavy (non-hydrogen) atoms. The summed E-state index contributed by atoms with van der Waals surface area (Å²) in [6.07, 6.45) is 0.961. The van der Waals surface area contributed by atoms with Crippen molar-refractivity contribution in [3.05, 3.63) is 52.0 Å². The normalized spacial score (nSPS) is 11.8. The molecule has 2 aromatic rings. The van der Waals surface area contributed by atoms with E-state index >= 15 is 0 Å². The number of hydrogen-bond donors (Lipinski definition) is 1. The van der Waals surface area contributed by atoms with Crippen molar-refractivity contribution in [1.82, 2.24) is 0 Å². The Hall–Kier alpha value is -1.86. The van der Waals surface area contributed by atoms with Crippen LogP contribution in [-0.2, 0) is 6.42 Å². The molecule has 0 saturated heterocycles. The van der Waals surface area contributed by atoms with Gasteiger partial charge in [-0.05, 0) is 36.8 Å². The van der Waals surface area contributed by atoms with E-state index in [1.165, 1.54) is 17.0 Å². The fraction of sp³-hybridized carbons (Fsp3) is 0.214. The number of rotatable bonds is 4. The van der Waals surface area contributed by atoms with Gasteiger partial charge in [-0.25, -0.2) is 4.39 Å². The van der Waals surface area contributed by atoms with Gasteiger partial charge in [0.05, 0.1) is 6.07 Å². The van der Waals surface area contributed by atoms with E-state index in [0.717, 1.165) is 11.3 Å². The molecule has 92 valence electrons. The maximum atomic E-state index is 13.1. The van der Waals surface area contributed by atoms with Gasteiger partial charge in [-0.15, -0.1) is 11.3 Å². The van der Waals surface area contributed by atoms with Crippen molar-refractivity contribution >= 4 is 17.0 Å². The highest BCUT2D eigenvalue weighted by molar-refractivity contribution is 7.12. The molecule has 0 saturated carbocycles. The highest BCUT2D eigenvalue weighted by Crippen LogP contribution is 2.26. The zero-order chi connectivity index (χ0) is 13.0. The molecule has 1 atom stereocenters. The Kier molecular flexibility index (Phi) is 3.96. The number of benzene rings is 1. The minimum absolute atomic E-state index is 0.308. The van der Waals surface area contributed by atoms with Crippen LogP contribution in [-0.4, -0.2) is 0 Å². The Morgan fingerprint density at radius 3 is 2.83 bits per heavy atom. The smallest absolute Gasteiger partial charge is 0.149 e. The Bertz CT molecular complexity index is 571. The lowest BCUT2D eigenvalue weighted by atomic mass is 10.2. The maximum Gasteiger partial charge on any atom is 0.149 e. The van der Waals surface area contributed by atoms with Crippen molar-refractivity contribution in [3.63, 3.8) is 0 Å². The van der Waals surface area contributed by atoms with Crippen molar-refractivity contribution in [2.24, 2.45) is 0 Å². The molecule has 0 fully saturated rings. The zero-order valence-corrected chi connectivity index (χ0v) is 10.8. The summed E-state index contributed by atoms with van der Waals surface area (Å²) in [5, 5.41) is 12.2. The van der Waals surface area contributed by atoms with Crippen molar-refractivity contribution < 1.29 is 4.39 Å². The van der Waals surface area contributed by atoms with Crippen LogP contribution in [0.2, 0.25) is 0 Å². The van der Waals surface area contributed by atoms with Gasteiger partial charge >= 0.3 is 0 Å². The van der Waals surface area contributed by atoms with Crippen LogP contribution in [0.4, 0.5) is 10.1 Å². The van der Waals surface area contributed by atoms with E-state index in [4.69, 9.17) is 0 Å². The van der Waals surface area contributed by atoms with Crippen molar-refractivity contribution in [3.8, 4) is 6.07 Å². The van der Waals surface area contributed by atoms with Crippen molar-refractivity contribution in [1.29, 1.82) is 5.26 Å². The molecule has 1 unspecified atom stereocenters. The van der Waals surface area contributed by atoms with E-state index in [9.17, 15) is 9.65 Å². The second kappa shape index (κ2) is 5.65. The fourth-order valence-corrected chi connectivity index (χ4v) is 2.60. The van der Waals surface area contributed by atoms with Gasteiger partial charge in [-0.1, -0.05) is 13.0 Å².